The second-order valence-electron chi connectivity index (χ2n) is 2.39. The maximum atomic E-state index is 9.80. The average Bonchev–Trinajstić information content (AvgIpc) is 2.03. The molecule has 66 valence electrons. The molecule has 0 unspecified atom stereocenters. The Morgan fingerprint density at radius 2 is 2.18 bits per heavy atom. The Morgan fingerprint density at radius 1 is 1.36 bits per heavy atom. The molecule has 0 atom stereocenters. The van der Waals surface area contributed by atoms with Crippen LogP contribution in [0.15, 0.2) is 0 Å². The lowest BCUT2D eigenvalue weighted by molar-refractivity contribution is -0.109. The summed E-state index contributed by atoms with van der Waals surface area (Å²) in [4.78, 5) is 9.80. The second kappa shape index (κ2) is 9.43. The van der Waals surface area contributed by atoms with Crippen molar-refractivity contribution in [3.63, 3.8) is 0 Å². The van der Waals surface area contributed by atoms with Crippen LogP contribution in [0.25, 0.3) is 0 Å². The first-order chi connectivity index (χ1) is 5.41. The lowest BCUT2D eigenvalue weighted by Crippen LogP contribution is -2.12. The molecule has 0 spiro atoms. The Balaban J connectivity index is 2.74. The molecule has 0 radical (unpaired) electrons. The van der Waals surface area contributed by atoms with Gasteiger partial charge in [0.2, 0.25) is 6.41 Å². The molecule has 11 heavy (non-hydrogen) atoms. The number of carbonyl (C=O) groups is 1. The van der Waals surface area contributed by atoms with E-state index in [0.29, 0.717) is 0 Å². The maximum Gasteiger partial charge on any atom is 0.207 e. The molecule has 0 aliphatic carbocycles. The monoisotopic (exact) mass is 159 g/mol. The van der Waals surface area contributed by atoms with E-state index in [-0.39, 0.29) is 0 Å². The van der Waals surface area contributed by atoms with Crippen LogP contribution in [-0.4, -0.2) is 26.2 Å². The zero-order valence-electron chi connectivity index (χ0n) is 7.14. The average molecular weight is 159 g/mol. The molecule has 1 amide bonds. The molecule has 0 aromatic heterocycles. The molecule has 3 heteroatoms. The third-order valence-corrected chi connectivity index (χ3v) is 1.29. The Bertz CT molecular complexity index is 86.2. The predicted octanol–water partition coefficient (Wildman–Crippen LogP) is 0.939. The second-order valence-corrected chi connectivity index (χ2v) is 2.39. The van der Waals surface area contributed by atoms with Crippen LogP contribution in [0.3, 0.4) is 0 Å². The molecular formula is C8H17NO2. The van der Waals surface area contributed by atoms with Crippen LogP contribution in [0.1, 0.15) is 26.2 Å². The minimum atomic E-state index is 0.729. The van der Waals surface area contributed by atoms with Crippen molar-refractivity contribution in [1.82, 2.24) is 5.32 Å². The van der Waals surface area contributed by atoms with Gasteiger partial charge < -0.3 is 10.1 Å². The van der Waals surface area contributed by atoms with Gasteiger partial charge in [-0.1, -0.05) is 6.92 Å². The molecule has 0 bridgehead atoms. The molecule has 0 heterocycles. The summed E-state index contributed by atoms with van der Waals surface area (Å²) in [6, 6.07) is 0. The van der Waals surface area contributed by atoms with Crippen LogP contribution >= 0.6 is 0 Å². The summed E-state index contributed by atoms with van der Waals surface area (Å²) in [6.45, 7) is 4.52. The number of carbonyl (C=O) groups excluding carboxylic acids is 1. The summed E-state index contributed by atoms with van der Waals surface area (Å²) >= 11 is 0. The number of hydrogen-bond acceptors (Lipinski definition) is 2. The zero-order chi connectivity index (χ0) is 8.36. The minimum absolute atomic E-state index is 0.729. The van der Waals surface area contributed by atoms with Gasteiger partial charge in [-0.2, -0.15) is 0 Å². The van der Waals surface area contributed by atoms with Gasteiger partial charge in [-0.3, -0.25) is 4.79 Å². The lowest BCUT2D eigenvalue weighted by atomic mass is 10.3. The number of rotatable bonds is 8. The number of nitrogens with one attached hydrogen (secondary N) is 1. The van der Waals surface area contributed by atoms with Gasteiger partial charge in [0.25, 0.3) is 0 Å². The van der Waals surface area contributed by atoms with Gasteiger partial charge in [0, 0.05) is 19.8 Å². The van der Waals surface area contributed by atoms with E-state index in [2.05, 4.69) is 12.2 Å². The van der Waals surface area contributed by atoms with Crippen molar-refractivity contribution >= 4 is 6.41 Å². The molecule has 0 aromatic carbocycles. The summed E-state index contributed by atoms with van der Waals surface area (Å²) < 4.78 is 5.25. The molecule has 0 aromatic rings. The topological polar surface area (TPSA) is 38.3 Å². The Morgan fingerprint density at radius 3 is 2.82 bits per heavy atom. The van der Waals surface area contributed by atoms with Gasteiger partial charge >= 0.3 is 0 Å². The van der Waals surface area contributed by atoms with Crippen LogP contribution in [0.4, 0.5) is 0 Å². The Hall–Kier alpha value is -0.570. The third kappa shape index (κ3) is 9.43. The van der Waals surface area contributed by atoms with Crippen molar-refractivity contribution in [2.45, 2.75) is 26.2 Å². The van der Waals surface area contributed by atoms with Gasteiger partial charge in [0.15, 0.2) is 0 Å². The highest BCUT2D eigenvalue weighted by atomic mass is 16.5. The lowest BCUT2D eigenvalue weighted by Gasteiger charge is -2.01. The van der Waals surface area contributed by atoms with Crippen LogP contribution in [-0.2, 0) is 9.53 Å². The molecule has 1 N–H and O–H groups in total. The van der Waals surface area contributed by atoms with Gasteiger partial charge in [0.05, 0.1) is 0 Å². The number of amides is 1. The highest BCUT2D eigenvalue weighted by Crippen LogP contribution is 1.89. The van der Waals surface area contributed by atoms with Crippen molar-refractivity contribution in [2.24, 2.45) is 0 Å². The van der Waals surface area contributed by atoms with Gasteiger partial charge in [-0.15, -0.1) is 0 Å². The first-order valence-electron chi connectivity index (χ1n) is 4.16. The fraction of sp³-hybridized carbons (Fsp3) is 0.875. The number of ether oxygens (including phenoxy) is 1. The summed E-state index contributed by atoms with van der Waals surface area (Å²) in [5.41, 5.74) is 0. The third-order valence-electron chi connectivity index (χ3n) is 1.29. The van der Waals surface area contributed by atoms with E-state index in [1.807, 2.05) is 0 Å². The van der Waals surface area contributed by atoms with E-state index in [1.165, 1.54) is 0 Å². The van der Waals surface area contributed by atoms with Gasteiger partial charge in [-0.25, -0.2) is 0 Å². The van der Waals surface area contributed by atoms with Crippen LogP contribution in [0, 0.1) is 0 Å². The van der Waals surface area contributed by atoms with E-state index in [0.717, 1.165) is 45.4 Å². The fourth-order valence-corrected chi connectivity index (χ4v) is 0.737. The van der Waals surface area contributed by atoms with Crippen molar-refractivity contribution < 1.29 is 9.53 Å². The van der Waals surface area contributed by atoms with Crippen LogP contribution < -0.4 is 5.32 Å². The number of unbranched alkanes of at least 4 members (excludes halogenated alkanes) is 1. The fourth-order valence-electron chi connectivity index (χ4n) is 0.737. The summed E-state index contributed by atoms with van der Waals surface area (Å²) in [7, 11) is 0. The van der Waals surface area contributed by atoms with Crippen molar-refractivity contribution in [2.75, 3.05) is 19.8 Å². The highest BCUT2D eigenvalue weighted by Gasteiger charge is 1.87. The van der Waals surface area contributed by atoms with Gasteiger partial charge in [0.1, 0.15) is 0 Å². The number of hydrogen-bond donors (Lipinski definition) is 1. The van der Waals surface area contributed by atoms with E-state index >= 15 is 0 Å². The molecule has 0 aliphatic rings. The standard InChI is InChI=1S/C8H17NO2/c1-2-6-11-7-4-3-5-9-8-10/h8H,2-7H2,1H3,(H,9,10). The molecule has 0 saturated carbocycles. The van der Waals surface area contributed by atoms with Crippen molar-refractivity contribution in [3.8, 4) is 0 Å². The summed E-state index contributed by atoms with van der Waals surface area (Å²) in [5, 5.41) is 2.60. The quantitative estimate of drug-likeness (QED) is 0.423. The minimum Gasteiger partial charge on any atom is -0.381 e. The summed E-state index contributed by atoms with van der Waals surface area (Å²) in [6.07, 6.45) is 3.84. The Labute approximate surface area is 68.1 Å². The van der Waals surface area contributed by atoms with Crippen LogP contribution in [0.2, 0.25) is 0 Å². The normalized spacial score (nSPS) is 9.55. The SMILES string of the molecule is CCCOCCCCNC=O. The Kier molecular flexibility index (Phi) is 8.94. The molecule has 0 rings (SSSR count). The zero-order valence-corrected chi connectivity index (χ0v) is 7.14. The molecule has 0 aliphatic heterocycles. The van der Waals surface area contributed by atoms with Crippen LogP contribution in [0.5, 0.6) is 0 Å². The van der Waals surface area contributed by atoms with Gasteiger partial charge in [-0.05, 0) is 19.3 Å². The largest absolute Gasteiger partial charge is 0.381 e. The first-order valence-corrected chi connectivity index (χ1v) is 4.16. The smallest absolute Gasteiger partial charge is 0.207 e. The van der Waals surface area contributed by atoms with E-state index in [4.69, 9.17) is 4.74 Å². The van der Waals surface area contributed by atoms with E-state index in [9.17, 15) is 4.79 Å². The maximum absolute atomic E-state index is 9.80. The van der Waals surface area contributed by atoms with E-state index in [1.54, 1.807) is 0 Å². The van der Waals surface area contributed by atoms with E-state index < -0.39 is 0 Å². The first kappa shape index (κ1) is 10.4. The summed E-state index contributed by atoms with van der Waals surface area (Å²) in [5.74, 6) is 0. The molecular weight excluding hydrogens is 142 g/mol. The molecule has 0 fully saturated rings. The highest BCUT2D eigenvalue weighted by molar-refractivity contribution is 5.45. The predicted molar refractivity (Wildman–Crippen MR) is 44.4 cm³/mol. The molecule has 3 nitrogen and oxygen atoms in total. The van der Waals surface area contributed by atoms with Crippen molar-refractivity contribution in [3.05, 3.63) is 0 Å². The molecule has 0 saturated heterocycles. The van der Waals surface area contributed by atoms with Crippen molar-refractivity contribution in [1.29, 1.82) is 0 Å².